The van der Waals surface area contributed by atoms with Crippen molar-refractivity contribution in [3.8, 4) is 11.4 Å². The third-order valence-corrected chi connectivity index (χ3v) is 5.48. The summed E-state index contributed by atoms with van der Waals surface area (Å²) >= 11 is 5.77. The molecule has 0 atom stereocenters. The molecule has 3 aromatic rings. The fraction of sp³-hybridized carbons (Fsp3) is 0.292. The highest BCUT2D eigenvalue weighted by Crippen LogP contribution is 2.26. The molecule has 1 aliphatic rings. The fourth-order valence-corrected chi connectivity index (χ4v) is 3.66. The Bertz CT molecular complexity index is 1180. The van der Waals surface area contributed by atoms with Crippen LogP contribution in [-0.2, 0) is 20.7 Å². The van der Waals surface area contributed by atoms with Gasteiger partial charge in [-0.25, -0.2) is 19.7 Å². The van der Waals surface area contributed by atoms with Crippen LogP contribution in [0.2, 0.25) is 5.15 Å². The van der Waals surface area contributed by atoms with Crippen LogP contribution in [0.15, 0.2) is 42.6 Å². The van der Waals surface area contributed by atoms with Gasteiger partial charge in [0.1, 0.15) is 11.0 Å². The van der Waals surface area contributed by atoms with Crippen LogP contribution in [0, 0.1) is 6.92 Å². The van der Waals surface area contributed by atoms with E-state index < -0.39 is 0 Å². The lowest BCUT2D eigenvalue weighted by molar-refractivity contribution is -0.191. The molecule has 0 radical (unpaired) electrons. The molecule has 182 valence electrons. The Morgan fingerprint density at radius 3 is 2.29 bits per heavy atom. The van der Waals surface area contributed by atoms with Crippen LogP contribution in [0.25, 0.3) is 11.4 Å². The summed E-state index contributed by atoms with van der Waals surface area (Å²) in [6, 6.07) is 10.4. The Morgan fingerprint density at radius 2 is 1.69 bits per heavy atom. The maximum Gasteiger partial charge on any atom is 0.373 e. The number of carbonyl (C=O) groups excluding carboxylic acids is 3. The van der Waals surface area contributed by atoms with Gasteiger partial charge in [0.05, 0.1) is 25.1 Å². The molecule has 3 heterocycles. The largest absolute Gasteiger partial charge is 0.378 e. The van der Waals surface area contributed by atoms with Crippen molar-refractivity contribution in [3.63, 3.8) is 0 Å². The Morgan fingerprint density at radius 1 is 1.06 bits per heavy atom. The summed E-state index contributed by atoms with van der Waals surface area (Å²) in [6.45, 7) is 7.23. The minimum absolute atomic E-state index is 0.250. The van der Waals surface area contributed by atoms with Crippen molar-refractivity contribution in [2.24, 2.45) is 0 Å². The first-order valence-corrected chi connectivity index (χ1v) is 11.3. The van der Waals surface area contributed by atoms with E-state index in [2.05, 4.69) is 34.4 Å². The number of aromatic nitrogens is 3. The second-order valence-corrected chi connectivity index (χ2v) is 7.89. The van der Waals surface area contributed by atoms with Gasteiger partial charge in [0.2, 0.25) is 0 Å². The second-order valence-electron chi connectivity index (χ2n) is 7.50. The highest BCUT2D eigenvalue weighted by Gasteiger charge is 2.19. The second kappa shape index (κ2) is 12.6. The van der Waals surface area contributed by atoms with E-state index in [-0.39, 0.29) is 12.2 Å². The predicted octanol–water partition coefficient (Wildman–Crippen LogP) is 3.96. The Labute approximate surface area is 207 Å². The van der Waals surface area contributed by atoms with Crippen LogP contribution in [0.5, 0.6) is 0 Å². The van der Waals surface area contributed by atoms with Crippen LogP contribution in [0.3, 0.4) is 0 Å². The van der Waals surface area contributed by atoms with E-state index in [1.165, 1.54) is 6.20 Å². The van der Waals surface area contributed by atoms with E-state index >= 15 is 0 Å². The van der Waals surface area contributed by atoms with E-state index in [0.717, 1.165) is 42.1 Å². The van der Waals surface area contributed by atoms with Gasteiger partial charge in [-0.15, -0.1) is 0 Å². The third kappa shape index (κ3) is 7.07. The summed E-state index contributed by atoms with van der Waals surface area (Å²) in [5.41, 5.74) is 4.25. The van der Waals surface area contributed by atoms with Gasteiger partial charge in [-0.05, 0) is 49.7 Å². The van der Waals surface area contributed by atoms with Crippen molar-refractivity contribution >= 4 is 41.0 Å². The molecule has 4 rings (SSSR count). The molecule has 0 aliphatic carbocycles. The number of aryl methyl sites for hydroxylation is 1. The molecule has 0 saturated carbocycles. The first-order chi connectivity index (χ1) is 16.9. The van der Waals surface area contributed by atoms with E-state index in [0.29, 0.717) is 35.6 Å². The van der Waals surface area contributed by atoms with Gasteiger partial charge in [0.25, 0.3) is 0 Å². The molecule has 1 aromatic carbocycles. The monoisotopic (exact) mass is 496 g/mol. The molecule has 0 spiro atoms. The molecule has 0 unspecified atom stereocenters. The average molecular weight is 497 g/mol. The Kier molecular flexibility index (Phi) is 9.25. The minimum atomic E-state index is -0.365. The number of nitrogens with zero attached hydrogens (tertiary/aromatic N) is 4. The first kappa shape index (κ1) is 25.8. The lowest BCUT2D eigenvalue weighted by Gasteiger charge is -2.29. The van der Waals surface area contributed by atoms with Crippen LogP contribution in [-0.4, -0.2) is 53.4 Å². The van der Waals surface area contributed by atoms with Crippen molar-refractivity contribution in [2.75, 3.05) is 41.8 Å². The molecular formula is C24H25ClN6O4. The molecule has 1 saturated heterocycles. The molecule has 1 aliphatic heterocycles. The highest BCUT2D eigenvalue weighted by molar-refractivity contribution is 6.29. The number of pyridine rings is 1. The summed E-state index contributed by atoms with van der Waals surface area (Å²) < 4.78 is 5.49. The average Bonchev–Trinajstić information content (AvgIpc) is 2.87. The summed E-state index contributed by atoms with van der Waals surface area (Å²) in [4.78, 5) is 44.3. The molecule has 11 heteroatoms. The van der Waals surface area contributed by atoms with Gasteiger partial charge in [0.15, 0.2) is 5.82 Å². The number of amides is 2. The van der Waals surface area contributed by atoms with Crippen molar-refractivity contribution in [2.45, 2.75) is 20.3 Å². The lowest BCUT2D eigenvalue weighted by atomic mass is 10.1. The number of benzene rings is 1. The minimum Gasteiger partial charge on any atom is -0.378 e. The van der Waals surface area contributed by atoms with Crippen molar-refractivity contribution < 1.29 is 19.1 Å². The first-order valence-electron chi connectivity index (χ1n) is 10.9. The zero-order valence-corrected chi connectivity index (χ0v) is 20.1. The van der Waals surface area contributed by atoms with Crippen molar-refractivity contribution in [1.82, 2.24) is 15.0 Å². The van der Waals surface area contributed by atoms with Gasteiger partial charge in [-0.3, -0.25) is 0 Å². The number of urea groups is 1. The van der Waals surface area contributed by atoms with E-state index in [1.54, 1.807) is 12.1 Å². The topological polar surface area (TPSA) is 126 Å². The summed E-state index contributed by atoms with van der Waals surface area (Å²) in [5.74, 6) is 1.64. The van der Waals surface area contributed by atoms with Crippen molar-refractivity contribution in [1.29, 1.82) is 0 Å². The third-order valence-electron chi connectivity index (χ3n) is 5.25. The molecule has 35 heavy (non-hydrogen) atoms. The van der Waals surface area contributed by atoms with Crippen molar-refractivity contribution in [3.05, 3.63) is 59.0 Å². The molecule has 2 amide bonds. The number of rotatable bonds is 5. The van der Waals surface area contributed by atoms with Gasteiger partial charge >= 0.3 is 12.2 Å². The standard InChI is InChI=1S/C23H25ClN6O2.CO2/c1-3-19-15(2)22(30-10-12-32-13-11-30)29-21(28-19)16-4-6-17(7-5-16)26-23(31)27-18-8-9-20(24)25-14-18;2-1-3/h4-9,14H,3,10-13H2,1-2H3,(H2,26,27,31);. The number of morpholine rings is 1. The van der Waals surface area contributed by atoms with Gasteiger partial charge < -0.3 is 20.3 Å². The van der Waals surface area contributed by atoms with Crippen LogP contribution in [0.1, 0.15) is 18.2 Å². The molecule has 2 aromatic heterocycles. The smallest absolute Gasteiger partial charge is 0.373 e. The number of ether oxygens (including phenoxy) is 1. The summed E-state index contributed by atoms with van der Waals surface area (Å²) in [5, 5.41) is 5.89. The molecule has 0 bridgehead atoms. The fourth-order valence-electron chi connectivity index (χ4n) is 3.55. The lowest BCUT2D eigenvalue weighted by Crippen LogP contribution is -2.37. The maximum absolute atomic E-state index is 12.2. The molecule has 2 N–H and O–H groups in total. The quantitative estimate of drug-likeness (QED) is 0.508. The highest BCUT2D eigenvalue weighted by atomic mass is 35.5. The predicted molar refractivity (Wildman–Crippen MR) is 132 cm³/mol. The zero-order valence-electron chi connectivity index (χ0n) is 19.4. The maximum atomic E-state index is 12.2. The number of anilines is 3. The van der Waals surface area contributed by atoms with Crippen LogP contribution < -0.4 is 15.5 Å². The normalized spacial score (nSPS) is 12.7. The number of carbonyl (C=O) groups is 1. The van der Waals surface area contributed by atoms with Gasteiger partial charge in [0, 0.05) is 35.6 Å². The number of nitrogens with one attached hydrogen (secondary N) is 2. The summed E-state index contributed by atoms with van der Waals surface area (Å²) in [6.07, 6.45) is 2.58. The Hall–Kier alpha value is -3.85. The molecule has 10 nitrogen and oxygen atoms in total. The van der Waals surface area contributed by atoms with Gasteiger partial charge in [-0.2, -0.15) is 9.59 Å². The number of halogens is 1. The van der Waals surface area contributed by atoms with Crippen LogP contribution >= 0.6 is 11.6 Å². The van der Waals surface area contributed by atoms with E-state index in [4.69, 9.17) is 35.9 Å². The summed E-state index contributed by atoms with van der Waals surface area (Å²) in [7, 11) is 0. The zero-order chi connectivity index (χ0) is 25.2. The SMILES string of the molecule is CCc1nc(-c2ccc(NC(=O)Nc3ccc(Cl)nc3)cc2)nc(N2CCOCC2)c1C.O=C=O. The molecule has 1 fully saturated rings. The van der Waals surface area contributed by atoms with E-state index in [9.17, 15) is 4.79 Å². The van der Waals surface area contributed by atoms with Crippen LogP contribution in [0.4, 0.5) is 22.0 Å². The van der Waals surface area contributed by atoms with Gasteiger partial charge in [-0.1, -0.05) is 18.5 Å². The number of hydrogen-bond donors (Lipinski definition) is 2. The number of hydrogen-bond acceptors (Lipinski definition) is 8. The van der Waals surface area contributed by atoms with E-state index in [1.807, 2.05) is 24.3 Å². The molecular weight excluding hydrogens is 472 g/mol. The Balaban J connectivity index is 0.00000108.